The highest BCUT2D eigenvalue weighted by Crippen LogP contribution is 2.53. The molecule has 0 saturated carbocycles. The van der Waals surface area contributed by atoms with Gasteiger partial charge in [0.15, 0.2) is 21.9 Å². The van der Waals surface area contributed by atoms with Crippen LogP contribution in [0.25, 0.3) is 0 Å². The maximum Gasteiger partial charge on any atom is 0.191 e. The summed E-state index contributed by atoms with van der Waals surface area (Å²) in [4.78, 5) is 0. The Morgan fingerprint density at radius 1 is 0.907 bits per heavy atom. The monoisotopic (exact) mass is 628 g/mol. The Bertz CT molecular complexity index is 1180. The molecule has 238 valence electrons. The summed E-state index contributed by atoms with van der Waals surface area (Å²) in [5.74, 6) is 9.51. The Kier molecular flexibility index (Phi) is 13.8. The predicted molar refractivity (Wildman–Crippen MR) is 180 cm³/mol. The van der Waals surface area contributed by atoms with Gasteiger partial charge in [-0.05, 0) is 61.0 Å². The first-order valence-electron chi connectivity index (χ1n) is 15.4. The van der Waals surface area contributed by atoms with E-state index in [9.17, 15) is 0 Å². The van der Waals surface area contributed by atoms with E-state index in [1.165, 1.54) is 19.3 Å². The zero-order valence-electron chi connectivity index (χ0n) is 27.5. The minimum absolute atomic E-state index is 0.0408. The number of benzene rings is 2. The van der Waals surface area contributed by atoms with Gasteiger partial charge in [-0.1, -0.05) is 64.2 Å². The Labute approximate surface area is 265 Å². The molecule has 0 aromatic heterocycles. The lowest BCUT2D eigenvalue weighted by Gasteiger charge is -2.42. The van der Waals surface area contributed by atoms with E-state index in [1.54, 1.807) is 26.0 Å². The minimum Gasteiger partial charge on any atom is -0.491 e. The third kappa shape index (κ3) is 9.67. The lowest BCUT2D eigenvalue weighted by Crippen LogP contribution is -2.40. The second-order valence-electron chi connectivity index (χ2n) is 12.6. The largest absolute Gasteiger partial charge is 0.491 e. The zero-order chi connectivity index (χ0) is 31.3. The fourth-order valence-electron chi connectivity index (χ4n) is 4.88. The number of hydrogen-bond donors (Lipinski definition) is 0. The number of thioether (sulfide) groups is 1. The van der Waals surface area contributed by atoms with E-state index < -0.39 is 8.32 Å². The second kappa shape index (κ2) is 16.8. The smallest absolute Gasteiger partial charge is 0.191 e. The van der Waals surface area contributed by atoms with Crippen LogP contribution in [0.4, 0.5) is 0 Å². The van der Waals surface area contributed by atoms with Crippen molar-refractivity contribution in [3.63, 3.8) is 0 Å². The van der Waals surface area contributed by atoms with E-state index in [0.717, 1.165) is 54.2 Å². The van der Waals surface area contributed by atoms with Gasteiger partial charge in [0.25, 0.3) is 0 Å². The molecule has 2 aromatic carbocycles. The third-order valence-electron chi connectivity index (χ3n) is 8.56. The van der Waals surface area contributed by atoms with Crippen LogP contribution in [0.5, 0.6) is 17.2 Å². The average Bonchev–Trinajstić information content (AvgIpc) is 2.99. The lowest BCUT2D eigenvalue weighted by molar-refractivity contribution is 0.0506. The fraction of sp³-hybridized carbons (Fsp3) is 0.600. The molecule has 0 spiro atoms. The maximum atomic E-state index is 6.39. The van der Waals surface area contributed by atoms with Crippen molar-refractivity contribution in [1.82, 2.24) is 0 Å². The lowest BCUT2D eigenvalue weighted by atomic mass is 9.79. The molecule has 1 aliphatic rings. The molecule has 0 bridgehead atoms. The minimum atomic E-state index is -1.64. The van der Waals surface area contributed by atoms with Gasteiger partial charge in [0, 0.05) is 38.9 Å². The van der Waals surface area contributed by atoms with Gasteiger partial charge in [0.05, 0.1) is 10.7 Å². The van der Waals surface area contributed by atoms with E-state index in [2.05, 4.69) is 70.2 Å². The molecule has 2 aromatic rings. The van der Waals surface area contributed by atoms with Crippen LogP contribution in [0.2, 0.25) is 18.1 Å². The highest BCUT2D eigenvalue weighted by molar-refractivity contribution is 7.99. The molecule has 1 aliphatic heterocycles. The summed E-state index contributed by atoms with van der Waals surface area (Å²) in [6.45, 7) is 13.3. The Morgan fingerprint density at radius 3 is 2.19 bits per heavy atom. The molecule has 43 heavy (non-hydrogen) atoms. The van der Waals surface area contributed by atoms with Gasteiger partial charge in [-0.25, -0.2) is 0 Å². The van der Waals surface area contributed by atoms with Gasteiger partial charge in [-0.2, -0.15) is 0 Å². The standard InChI is InChI=1S/C35H52O6SSi/c1-34(2,3)43(7,8)41-23-15-13-11-9-10-12-14-16-32-31-22-21-30(40-27-37-5)24-33(31)38-25-35(32,42-6)28-17-19-29(20-18-28)39-26-36-4/h17-22,24,32H,9-13,15,23,25-27H2,1-8H3. The number of ether oxygens (including phenoxy) is 5. The summed E-state index contributed by atoms with van der Waals surface area (Å²) in [7, 11) is 1.59. The summed E-state index contributed by atoms with van der Waals surface area (Å²) in [6, 6.07) is 14.2. The van der Waals surface area contributed by atoms with Crippen molar-refractivity contribution in [1.29, 1.82) is 0 Å². The van der Waals surface area contributed by atoms with E-state index >= 15 is 0 Å². The summed E-state index contributed by atoms with van der Waals surface area (Å²) < 4.78 is 33.8. The molecule has 1 heterocycles. The van der Waals surface area contributed by atoms with Gasteiger partial charge in [0.2, 0.25) is 0 Å². The SMILES string of the molecule is COCOc1ccc(C2(SC)COc3cc(OCOC)ccc3C2C#CCCCCCCCO[Si](C)(C)C(C)(C)C)cc1. The highest BCUT2D eigenvalue weighted by atomic mass is 32.2. The Hall–Kier alpha value is -2.15. The van der Waals surface area contributed by atoms with Gasteiger partial charge in [-0.15, -0.1) is 17.7 Å². The first-order valence-corrected chi connectivity index (χ1v) is 19.5. The number of unbranched alkanes of at least 4 members (excludes halogenated alkanes) is 5. The van der Waals surface area contributed by atoms with Crippen LogP contribution in [0.1, 0.15) is 76.3 Å². The van der Waals surface area contributed by atoms with Crippen molar-refractivity contribution >= 4 is 20.1 Å². The Morgan fingerprint density at radius 2 is 1.53 bits per heavy atom. The molecule has 8 heteroatoms. The van der Waals surface area contributed by atoms with Crippen molar-refractivity contribution < 1.29 is 28.1 Å². The van der Waals surface area contributed by atoms with E-state index in [0.29, 0.717) is 6.61 Å². The third-order valence-corrected chi connectivity index (χ3v) is 14.4. The topological polar surface area (TPSA) is 55.4 Å². The second-order valence-corrected chi connectivity index (χ2v) is 18.5. The normalized spacial score (nSPS) is 18.3. The average molecular weight is 629 g/mol. The summed E-state index contributed by atoms with van der Waals surface area (Å²) in [6.07, 6.45) is 8.89. The van der Waals surface area contributed by atoms with Crippen LogP contribution in [0.15, 0.2) is 42.5 Å². The molecule has 0 aliphatic carbocycles. The van der Waals surface area contributed by atoms with Crippen LogP contribution < -0.4 is 14.2 Å². The van der Waals surface area contributed by atoms with E-state index in [4.69, 9.17) is 28.1 Å². The van der Waals surface area contributed by atoms with Gasteiger partial charge in [0.1, 0.15) is 23.9 Å². The highest BCUT2D eigenvalue weighted by Gasteiger charge is 2.45. The van der Waals surface area contributed by atoms with Crippen LogP contribution >= 0.6 is 11.8 Å². The van der Waals surface area contributed by atoms with Crippen molar-refractivity contribution in [2.45, 2.75) is 88.1 Å². The number of fused-ring (bicyclic) bond motifs is 1. The van der Waals surface area contributed by atoms with Crippen LogP contribution in [0, 0.1) is 11.8 Å². The molecule has 0 N–H and O–H groups in total. The summed E-state index contributed by atoms with van der Waals surface area (Å²) >= 11 is 1.79. The summed E-state index contributed by atoms with van der Waals surface area (Å²) in [5, 5.41) is 0.270. The van der Waals surface area contributed by atoms with Gasteiger partial charge < -0.3 is 28.1 Å². The number of rotatable bonds is 16. The van der Waals surface area contributed by atoms with Crippen molar-refractivity contribution in [3.8, 4) is 29.1 Å². The van der Waals surface area contributed by atoms with Crippen molar-refractivity contribution in [2.75, 3.05) is 47.3 Å². The van der Waals surface area contributed by atoms with E-state index in [1.807, 2.05) is 24.3 Å². The molecule has 2 unspecified atom stereocenters. The zero-order valence-corrected chi connectivity index (χ0v) is 29.4. The van der Waals surface area contributed by atoms with Crippen molar-refractivity contribution in [3.05, 3.63) is 53.6 Å². The number of hydrogen-bond acceptors (Lipinski definition) is 7. The molecule has 0 amide bonds. The first-order chi connectivity index (χ1) is 20.6. The summed E-state index contributed by atoms with van der Waals surface area (Å²) in [5.41, 5.74) is 2.24. The van der Waals surface area contributed by atoms with E-state index in [-0.39, 0.29) is 29.3 Å². The molecule has 3 rings (SSSR count). The van der Waals surface area contributed by atoms with Crippen LogP contribution in [-0.4, -0.2) is 55.6 Å². The molecule has 0 saturated heterocycles. The Balaban J connectivity index is 1.67. The fourth-order valence-corrected chi connectivity index (χ4v) is 6.94. The molecule has 0 radical (unpaired) electrons. The number of methoxy groups -OCH3 is 2. The first kappa shape index (κ1) is 35.3. The predicted octanol–water partition coefficient (Wildman–Crippen LogP) is 8.75. The van der Waals surface area contributed by atoms with Crippen molar-refractivity contribution in [2.24, 2.45) is 0 Å². The quantitative estimate of drug-likeness (QED) is 0.0797. The molecule has 6 nitrogen and oxygen atoms in total. The van der Waals surface area contributed by atoms with Gasteiger partial charge in [-0.3, -0.25) is 0 Å². The maximum absolute atomic E-state index is 6.39. The molecule has 0 fully saturated rings. The van der Waals surface area contributed by atoms with Crippen LogP contribution in [0.3, 0.4) is 0 Å². The molecule has 2 atom stereocenters. The molecular weight excluding hydrogens is 577 g/mol. The van der Waals surface area contributed by atoms with Crippen LogP contribution in [-0.2, 0) is 18.6 Å². The molecular formula is C35H52O6SSi. The van der Waals surface area contributed by atoms with Gasteiger partial charge >= 0.3 is 0 Å².